The lowest BCUT2D eigenvalue weighted by Crippen LogP contribution is -2.21. The largest absolute Gasteiger partial charge is 0.345 e. The second-order valence-electron chi connectivity index (χ2n) is 5.15. The molecule has 0 spiro atoms. The molecule has 0 bridgehead atoms. The molecule has 0 aliphatic heterocycles. The second-order valence-corrected chi connectivity index (χ2v) is 5.15. The number of nitrogens with one attached hydrogen (secondary N) is 1. The average molecular weight is 317 g/mol. The maximum absolute atomic E-state index is 11.9. The minimum atomic E-state index is -0.236. The number of hydrogen-bond donors (Lipinski definition) is 1. The molecule has 0 aromatic heterocycles. The number of nitriles is 2. The summed E-state index contributed by atoms with van der Waals surface area (Å²) in [6.45, 7) is 0. The number of carbonyl (C=O) groups excluding carboxylic acids is 1. The van der Waals surface area contributed by atoms with Gasteiger partial charge in [0.05, 0.1) is 5.69 Å². The molecule has 0 fully saturated rings. The molecule has 118 valence electrons. The number of benzene rings is 2. The summed E-state index contributed by atoms with van der Waals surface area (Å²) >= 11 is 0. The van der Waals surface area contributed by atoms with Gasteiger partial charge in [0, 0.05) is 19.7 Å². The third-order valence-corrected chi connectivity index (χ3v) is 3.26. The van der Waals surface area contributed by atoms with Crippen LogP contribution in [0.4, 0.5) is 5.69 Å². The number of anilines is 1. The van der Waals surface area contributed by atoms with Gasteiger partial charge in [-0.15, -0.1) is 0 Å². The van der Waals surface area contributed by atoms with Gasteiger partial charge in [0.2, 0.25) is 5.71 Å². The molecule has 0 aliphatic rings. The smallest absolute Gasteiger partial charge is 0.253 e. The third-order valence-electron chi connectivity index (χ3n) is 3.26. The quantitative estimate of drug-likeness (QED) is 0.693. The van der Waals surface area contributed by atoms with Crippen molar-refractivity contribution in [2.45, 2.75) is 0 Å². The van der Waals surface area contributed by atoms with E-state index in [1.165, 1.54) is 4.90 Å². The van der Waals surface area contributed by atoms with E-state index >= 15 is 0 Å². The predicted octanol–water partition coefficient (Wildman–Crippen LogP) is 2.87. The molecule has 1 amide bonds. The Balaban J connectivity index is 2.14. The summed E-state index contributed by atoms with van der Waals surface area (Å²) in [5.74, 6) is -0.0373. The molecule has 6 heteroatoms. The Hall–Kier alpha value is -3.64. The van der Waals surface area contributed by atoms with Crippen molar-refractivity contribution in [1.82, 2.24) is 4.90 Å². The van der Waals surface area contributed by atoms with Crippen LogP contribution < -0.4 is 5.43 Å². The van der Waals surface area contributed by atoms with Gasteiger partial charge < -0.3 is 4.90 Å². The van der Waals surface area contributed by atoms with Crippen molar-refractivity contribution in [1.29, 1.82) is 10.5 Å². The highest BCUT2D eigenvalue weighted by molar-refractivity contribution is 6.10. The Morgan fingerprint density at radius 3 is 1.92 bits per heavy atom. The van der Waals surface area contributed by atoms with Crippen molar-refractivity contribution >= 4 is 17.3 Å². The van der Waals surface area contributed by atoms with Crippen LogP contribution in [0.3, 0.4) is 0 Å². The lowest BCUT2D eigenvalue weighted by molar-refractivity contribution is 0.0827. The first-order valence-corrected chi connectivity index (χ1v) is 7.11. The maximum Gasteiger partial charge on any atom is 0.253 e. The normalized spacial score (nSPS) is 9.33. The van der Waals surface area contributed by atoms with Gasteiger partial charge >= 0.3 is 0 Å². The van der Waals surface area contributed by atoms with Gasteiger partial charge in [-0.25, -0.2) is 0 Å². The summed E-state index contributed by atoms with van der Waals surface area (Å²) in [6.07, 6.45) is 0. The van der Waals surface area contributed by atoms with E-state index in [4.69, 9.17) is 10.5 Å². The van der Waals surface area contributed by atoms with E-state index in [1.807, 2.05) is 24.3 Å². The molecular formula is C18H15N5O. The molecule has 0 saturated carbocycles. The fraction of sp³-hybridized carbons (Fsp3) is 0.111. The van der Waals surface area contributed by atoms with Crippen LogP contribution in [0, 0.1) is 22.7 Å². The van der Waals surface area contributed by atoms with Crippen LogP contribution in [0.5, 0.6) is 0 Å². The zero-order chi connectivity index (χ0) is 17.5. The van der Waals surface area contributed by atoms with Crippen LogP contribution in [0.2, 0.25) is 0 Å². The topological polar surface area (TPSA) is 92.3 Å². The van der Waals surface area contributed by atoms with Crippen LogP contribution in [-0.2, 0) is 0 Å². The summed E-state index contributed by atoms with van der Waals surface area (Å²) in [5.41, 5.74) is 5.68. The Bertz CT molecular complexity index is 821. The Labute approximate surface area is 140 Å². The minimum absolute atomic E-state index is 0.0373. The molecule has 0 unspecified atom stereocenters. The Morgan fingerprint density at radius 1 is 0.958 bits per heavy atom. The van der Waals surface area contributed by atoms with Gasteiger partial charge in [0.25, 0.3) is 5.91 Å². The molecule has 2 aromatic rings. The van der Waals surface area contributed by atoms with Crippen molar-refractivity contribution in [2.75, 3.05) is 19.5 Å². The highest BCUT2D eigenvalue weighted by atomic mass is 16.2. The van der Waals surface area contributed by atoms with Gasteiger partial charge in [-0.1, -0.05) is 24.3 Å². The SMILES string of the molecule is CN(C)C(=O)c1ccc(-c2ccc(NN=C(C#N)C#N)cc2)cc1. The van der Waals surface area contributed by atoms with Gasteiger partial charge in [-0.3, -0.25) is 10.2 Å². The zero-order valence-corrected chi connectivity index (χ0v) is 13.3. The van der Waals surface area contributed by atoms with Crippen molar-refractivity contribution in [3.8, 4) is 23.3 Å². The van der Waals surface area contributed by atoms with E-state index in [0.29, 0.717) is 11.3 Å². The van der Waals surface area contributed by atoms with E-state index in [9.17, 15) is 4.79 Å². The molecule has 6 nitrogen and oxygen atoms in total. The first-order valence-electron chi connectivity index (χ1n) is 7.11. The number of hydrogen-bond acceptors (Lipinski definition) is 5. The number of amides is 1. The maximum atomic E-state index is 11.9. The molecule has 0 aliphatic carbocycles. The van der Waals surface area contributed by atoms with Gasteiger partial charge in [-0.2, -0.15) is 15.6 Å². The van der Waals surface area contributed by atoms with Gasteiger partial charge in [-0.05, 0) is 35.4 Å². The van der Waals surface area contributed by atoms with Crippen LogP contribution in [0.1, 0.15) is 10.4 Å². The Morgan fingerprint density at radius 2 is 1.46 bits per heavy atom. The number of carbonyl (C=O) groups is 1. The van der Waals surface area contributed by atoms with Gasteiger partial charge in [0.15, 0.2) is 0 Å². The number of hydrazone groups is 1. The van der Waals surface area contributed by atoms with Crippen LogP contribution in [0.25, 0.3) is 11.1 Å². The Kier molecular flexibility index (Phi) is 5.28. The lowest BCUT2D eigenvalue weighted by atomic mass is 10.0. The van der Waals surface area contributed by atoms with E-state index in [0.717, 1.165) is 11.1 Å². The first kappa shape index (κ1) is 16.7. The van der Waals surface area contributed by atoms with Crippen molar-refractivity contribution in [3.05, 3.63) is 54.1 Å². The molecule has 1 N–H and O–H groups in total. The summed E-state index contributed by atoms with van der Waals surface area (Å²) in [5, 5.41) is 20.9. The summed E-state index contributed by atoms with van der Waals surface area (Å²) in [6, 6.07) is 18.1. The van der Waals surface area contributed by atoms with E-state index in [1.54, 1.807) is 50.5 Å². The minimum Gasteiger partial charge on any atom is -0.345 e. The molecule has 24 heavy (non-hydrogen) atoms. The summed E-state index contributed by atoms with van der Waals surface area (Å²) in [4.78, 5) is 13.4. The number of nitrogens with zero attached hydrogens (tertiary/aromatic N) is 4. The van der Waals surface area contributed by atoms with E-state index in [2.05, 4.69) is 10.5 Å². The molecule has 0 saturated heterocycles. The molecular weight excluding hydrogens is 302 g/mol. The molecule has 2 aromatic carbocycles. The number of rotatable bonds is 4. The average Bonchev–Trinajstić information content (AvgIpc) is 2.62. The fourth-order valence-electron chi connectivity index (χ4n) is 2.00. The summed E-state index contributed by atoms with van der Waals surface area (Å²) < 4.78 is 0. The predicted molar refractivity (Wildman–Crippen MR) is 92.2 cm³/mol. The molecule has 0 atom stereocenters. The monoisotopic (exact) mass is 317 g/mol. The van der Waals surface area contributed by atoms with E-state index in [-0.39, 0.29) is 11.6 Å². The van der Waals surface area contributed by atoms with Crippen LogP contribution >= 0.6 is 0 Å². The van der Waals surface area contributed by atoms with Crippen molar-refractivity contribution < 1.29 is 4.79 Å². The van der Waals surface area contributed by atoms with Crippen molar-refractivity contribution in [3.63, 3.8) is 0 Å². The van der Waals surface area contributed by atoms with Crippen LogP contribution in [0.15, 0.2) is 53.6 Å². The molecule has 2 rings (SSSR count). The third kappa shape index (κ3) is 3.96. The highest BCUT2D eigenvalue weighted by Gasteiger charge is 2.07. The van der Waals surface area contributed by atoms with Crippen molar-refractivity contribution in [2.24, 2.45) is 5.10 Å². The van der Waals surface area contributed by atoms with Gasteiger partial charge in [0.1, 0.15) is 12.1 Å². The second kappa shape index (κ2) is 7.57. The molecule has 0 heterocycles. The van der Waals surface area contributed by atoms with E-state index < -0.39 is 0 Å². The lowest BCUT2D eigenvalue weighted by Gasteiger charge is -2.10. The zero-order valence-electron chi connectivity index (χ0n) is 13.3. The molecule has 0 radical (unpaired) electrons. The fourth-order valence-corrected chi connectivity index (χ4v) is 2.00. The van der Waals surface area contributed by atoms with Crippen LogP contribution in [-0.4, -0.2) is 30.6 Å². The standard InChI is InChI=1S/C18H15N5O/c1-23(2)18(24)15-5-3-13(4-6-15)14-7-9-16(10-8-14)21-22-17(11-19)12-20/h3-10,21H,1-2H3. The summed E-state index contributed by atoms with van der Waals surface area (Å²) in [7, 11) is 3.43. The first-order chi connectivity index (χ1) is 11.5. The highest BCUT2D eigenvalue weighted by Crippen LogP contribution is 2.22.